The molecule has 1 atom stereocenters. The summed E-state index contributed by atoms with van der Waals surface area (Å²) >= 11 is 0. The van der Waals surface area contributed by atoms with E-state index in [2.05, 4.69) is 68.5 Å². The average molecular weight is 278 g/mol. The number of hydrogen-bond donors (Lipinski definition) is 0. The zero-order chi connectivity index (χ0) is 15.2. The molecule has 1 fully saturated rings. The normalized spacial score (nSPS) is 33.1. The lowest BCUT2D eigenvalue weighted by molar-refractivity contribution is 0.751. The summed E-state index contributed by atoms with van der Waals surface area (Å²) in [5.41, 5.74) is 7.46. The monoisotopic (exact) mass is 278 g/mol. The first-order valence-electron chi connectivity index (χ1n) is 8.15. The molecule has 0 aromatic rings. The van der Waals surface area contributed by atoms with Crippen molar-refractivity contribution in [2.24, 2.45) is 5.92 Å². The highest BCUT2D eigenvalue weighted by atomic mass is 14.4. The molecule has 3 rings (SSSR count). The molecule has 110 valence electrons. The Morgan fingerprint density at radius 3 is 2.38 bits per heavy atom. The Morgan fingerprint density at radius 2 is 1.71 bits per heavy atom. The molecule has 1 saturated carbocycles. The summed E-state index contributed by atoms with van der Waals surface area (Å²) in [4.78, 5) is 0. The van der Waals surface area contributed by atoms with E-state index < -0.39 is 0 Å². The van der Waals surface area contributed by atoms with E-state index in [1.54, 1.807) is 11.1 Å². The first-order valence-corrected chi connectivity index (χ1v) is 8.15. The molecule has 0 bridgehead atoms. The molecule has 0 nitrogen and oxygen atoms in total. The predicted molar refractivity (Wildman–Crippen MR) is 94.1 cm³/mol. The molecule has 0 aromatic heterocycles. The fourth-order valence-corrected chi connectivity index (χ4v) is 3.44. The average Bonchev–Trinajstić information content (AvgIpc) is 3.01. The van der Waals surface area contributed by atoms with Crippen LogP contribution in [0.3, 0.4) is 0 Å². The van der Waals surface area contributed by atoms with E-state index in [-0.39, 0.29) is 0 Å². The summed E-state index contributed by atoms with van der Waals surface area (Å²) in [5, 5.41) is 0. The third-order valence-electron chi connectivity index (χ3n) is 4.22. The molecular weight excluding hydrogens is 252 g/mol. The van der Waals surface area contributed by atoms with Crippen LogP contribution in [0.1, 0.15) is 40.5 Å². The fraction of sp³-hybridized carbons (Fsp3) is 0.333. The van der Waals surface area contributed by atoms with Crippen LogP contribution in [-0.4, -0.2) is 0 Å². The summed E-state index contributed by atoms with van der Waals surface area (Å²) in [7, 11) is 0. The van der Waals surface area contributed by atoms with Gasteiger partial charge in [-0.15, -0.1) is 0 Å². The van der Waals surface area contributed by atoms with Crippen molar-refractivity contribution in [3.05, 3.63) is 82.5 Å². The summed E-state index contributed by atoms with van der Waals surface area (Å²) in [6.45, 7) is 8.27. The lowest BCUT2D eigenvalue weighted by atomic mass is 9.94. The lowest BCUT2D eigenvalue weighted by Crippen LogP contribution is -1.96. The zero-order valence-corrected chi connectivity index (χ0v) is 13.7. The molecule has 0 heterocycles. The molecule has 1 unspecified atom stereocenters. The SMILES string of the molecule is CC.C\C=C/C1=C2/C(=C\C)CCC2C2=C\C=C/C=C\C=C/21. The molecule has 0 radical (unpaired) electrons. The second-order valence-corrected chi connectivity index (χ2v) is 5.20. The van der Waals surface area contributed by atoms with E-state index in [0.717, 1.165) is 0 Å². The van der Waals surface area contributed by atoms with Gasteiger partial charge in [0.25, 0.3) is 0 Å². The maximum absolute atomic E-state index is 2.30. The van der Waals surface area contributed by atoms with Crippen LogP contribution in [-0.2, 0) is 0 Å². The van der Waals surface area contributed by atoms with Crippen molar-refractivity contribution in [3.63, 3.8) is 0 Å². The highest BCUT2D eigenvalue weighted by Gasteiger charge is 2.37. The second-order valence-electron chi connectivity index (χ2n) is 5.20. The van der Waals surface area contributed by atoms with Gasteiger partial charge in [0.2, 0.25) is 0 Å². The van der Waals surface area contributed by atoms with Crippen molar-refractivity contribution >= 4 is 0 Å². The van der Waals surface area contributed by atoms with E-state index in [1.165, 1.54) is 29.6 Å². The number of rotatable bonds is 1. The van der Waals surface area contributed by atoms with Gasteiger partial charge >= 0.3 is 0 Å². The van der Waals surface area contributed by atoms with Crippen LogP contribution in [0.2, 0.25) is 0 Å². The zero-order valence-electron chi connectivity index (χ0n) is 13.7. The van der Waals surface area contributed by atoms with E-state index >= 15 is 0 Å². The molecule has 3 aliphatic carbocycles. The Morgan fingerprint density at radius 1 is 1.00 bits per heavy atom. The second kappa shape index (κ2) is 7.26. The molecule has 3 aliphatic rings. The van der Waals surface area contributed by atoms with E-state index in [4.69, 9.17) is 0 Å². The van der Waals surface area contributed by atoms with Crippen LogP contribution in [0.25, 0.3) is 0 Å². The van der Waals surface area contributed by atoms with Crippen LogP contribution in [0.4, 0.5) is 0 Å². The van der Waals surface area contributed by atoms with Crippen LogP contribution in [0, 0.1) is 5.92 Å². The Balaban J connectivity index is 0.000000774. The Bertz CT molecular complexity index is 598. The van der Waals surface area contributed by atoms with E-state index in [9.17, 15) is 0 Å². The lowest BCUT2D eigenvalue weighted by Gasteiger charge is -2.09. The molecule has 0 N–H and O–H groups in total. The predicted octanol–water partition coefficient (Wildman–Crippen LogP) is 6.23. The molecule has 0 heteroatoms. The minimum atomic E-state index is 0.611. The summed E-state index contributed by atoms with van der Waals surface area (Å²) < 4.78 is 0. The third-order valence-corrected chi connectivity index (χ3v) is 4.22. The van der Waals surface area contributed by atoms with Gasteiger partial charge in [-0.25, -0.2) is 0 Å². The maximum atomic E-state index is 2.30. The van der Waals surface area contributed by atoms with Gasteiger partial charge in [-0.1, -0.05) is 68.5 Å². The van der Waals surface area contributed by atoms with Gasteiger partial charge in [0.05, 0.1) is 0 Å². The molecule has 0 amide bonds. The van der Waals surface area contributed by atoms with Crippen molar-refractivity contribution in [1.82, 2.24) is 0 Å². The van der Waals surface area contributed by atoms with Gasteiger partial charge in [0.15, 0.2) is 0 Å². The largest absolute Gasteiger partial charge is 0.0870 e. The fourth-order valence-electron chi connectivity index (χ4n) is 3.44. The van der Waals surface area contributed by atoms with Gasteiger partial charge in [-0.05, 0) is 54.6 Å². The van der Waals surface area contributed by atoms with E-state index in [1.807, 2.05) is 13.8 Å². The highest BCUT2D eigenvalue weighted by Crippen LogP contribution is 2.52. The first kappa shape index (κ1) is 15.6. The van der Waals surface area contributed by atoms with E-state index in [0.29, 0.717) is 5.92 Å². The number of hydrogen-bond acceptors (Lipinski definition) is 0. The van der Waals surface area contributed by atoms with Crippen LogP contribution in [0.15, 0.2) is 82.5 Å². The van der Waals surface area contributed by atoms with Gasteiger partial charge in [-0.2, -0.15) is 0 Å². The molecular formula is C21H26. The number of allylic oxidation sites excluding steroid dienone is 14. The van der Waals surface area contributed by atoms with Crippen molar-refractivity contribution in [1.29, 1.82) is 0 Å². The quantitative estimate of drug-likeness (QED) is 0.533. The van der Waals surface area contributed by atoms with Crippen LogP contribution in [0.5, 0.6) is 0 Å². The number of fused-ring (bicyclic) bond motifs is 3. The smallest absolute Gasteiger partial charge is 0.0107 e. The van der Waals surface area contributed by atoms with Crippen molar-refractivity contribution < 1.29 is 0 Å². The van der Waals surface area contributed by atoms with Gasteiger partial charge in [0, 0.05) is 5.92 Å². The van der Waals surface area contributed by atoms with Gasteiger partial charge in [-0.3, -0.25) is 0 Å². The molecule has 21 heavy (non-hydrogen) atoms. The topological polar surface area (TPSA) is 0 Å². The third kappa shape index (κ3) is 2.81. The molecule has 0 saturated heterocycles. The molecule has 0 spiro atoms. The maximum Gasteiger partial charge on any atom is 0.0107 e. The van der Waals surface area contributed by atoms with Crippen molar-refractivity contribution in [2.45, 2.75) is 40.5 Å². The molecule has 0 aliphatic heterocycles. The molecule has 0 aromatic carbocycles. The minimum Gasteiger partial charge on any atom is -0.0870 e. The summed E-state index contributed by atoms with van der Waals surface area (Å²) in [6.07, 6.45) is 22.3. The minimum absolute atomic E-state index is 0.611. The van der Waals surface area contributed by atoms with Crippen LogP contribution < -0.4 is 0 Å². The summed E-state index contributed by atoms with van der Waals surface area (Å²) in [5.74, 6) is 0.611. The Hall–Kier alpha value is -1.82. The Labute approximate surface area is 129 Å². The van der Waals surface area contributed by atoms with Crippen molar-refractivity contribution in [3.8, 4) is 0 Å². The van der Waals surface area contributed by atoms with Crippen LogP contribution >= 0.6 is 0 Å². The Kier molecular flexibility index (Phi) is 5.38. The first-order chi connectivity index (χ1) is 10.4. The van der Waals surface area contributed by atoms with Crippen molar-refractivity contribution in [2.75, 3.05) is 0 Å². The summed E-state index contributed by atoms with van der Waals surface area (Å²) in [6, 6.07) is 0. The van der Waals surface area contributed by atoms with Gasteiger partial charge < -0.3 is 0 Å². The standard InChI is InChI=1S/C19H20.C2H6/c1-3-9-17-15-10-7-5-6-8-11-16(15)18-13-12-14(4-2)19(17)18;1-2/h3-11,18H,12-13H2,1-2H3;1-2H3/b6-5?,7-5-,8-6-,9-3-,10-7?,11-8?,14-4-,15-10+,16-11+;. The highest BCUT2D eigenvalue weighted by molar-refractivity contribution is 5.70. The van der Waals surface area contributed by atoms with Gasteiger partial charge in [0.1, 0.15) is 0 Å².